The van der Waals surface area contributed by atoms with Gasteiger partial charge in [-0.3, -0.25) is 9.69 Å². The monoisotopic (exact) mass is 230 g/mol. The zero-order valence-electron chi connectivity index (χ0n) is 10.4. The second-order valence-corrected chi connectivity index (χ2v) is 5.05. The van der Waals surface area contributed by atoms with Gasteiger partial charge in [0.2, 0.25) is 0 Å². The Balaban J connectivity index is 2.33. The van der Waals surface area contributed by atoms with Gasteiger partial charge in [-0.15, -0.1) is 0 Å². The van der Waals surface area contributed by atoms with Crippen molar-refractivity contribution in [3.63, 3.8) is 0 Å². The van der Waals surface area contributed by atoms with Crippen molar-refractivity contribution in [1.29, 1.82) is 0 Å². The van der Waals surface area contributed by atoms with Gasteiger partial charge in [-0.1, -0.05) is 0 Å². The SMILES string of the molecule is CC(C)(C)OC(=O)CN1CCOC(CN)C1. The summed E-state index contributed by atoms with van der Waals surface area (Å²) in [5.74, 6) is -0.190. The van der Waals surface area contributed by atoms with E-state index in [1.807, 2.05) is 25.7 Å². The van der Waals surface area contributed by atoms with Crippen LogP contribution < -0.4 is 5.73 Å². The minimum atomic E-state index is -0.420. The molecular weight excluding hydrogens is 208 g/mol. The lowest BCUT2D eigenvalue weighted by Gasteiger charge is -2.32. The molecule has 0 bridgehead atoms. The van der Waals surface area contributed by atoms with E-state index in [1.54, 1.807) is 0 Å². The average molecular weight is 230 g/mol. The van der Waals surface area contributed by atoms with Crippen LogP contribution in [-0.2, 0) is 14.3 Å². The summed E-state index contributed by atoms with van der Waals surface area (Å²) >= 11 is 0. The highest BCUT2D eigenvalue weighted by molar-refractivity contribution is 5.72. The first-order valence-electron chi connectivity index (χ1n) is 5.66. The number of rotatable bonds is 3. The van der Waals surface area contributed by atoms with Gasteiger partial charge >= 0.3 is 5.97 Å². The third kappa shape index (κ3) is 4.92. The smallest absolute Gasteiger partial charge is 0.320 e. The van der Waals surface area contributed by atoms with E-state index in [0.29, 0.717) is 26.2 Å². The zero-order valence-corrected chi connectivity index (χ0v) is 10.4. The molecule has 0 radical (unpaired) electrons. The molecule has 1 fully saturated rings. The zero-order chi connectivity index (χ0) is 12.2. The Bertz CT molecular complexity index is 238. The quantitative estimate of drug-likeness (QED) is 0.691. The molecule has 5 nitrogen and oxygen atoms in total. The van der Waals surface area contributed by atoms with Gasteiger partial charge in [0.15, 0.2) is 0 Å². The van der Waals surface area contributed by atoms with Crippen LogP contribution in [0.15, 0.2) is 0 Å². The van der Waals surface area contributed by atoms with Crippen molar-refractivity contribution in [2.45, 2.75) is 32.5 Å². The van der Waals surface area contributed by atoms with Gasteiger partial charge < -0.3 is 15.2 Å². The lowest BCUT2D eigenvalue weighted by molar-refractivity contribution is -0.157. The van der Waals surface area contributed by atoms with E-state index >= 15 is 0 Å². The van der Waals surface area contributed by atoms with Gasteiger partial charge in [-0.05, 0) is 20.8 Å². The molecule has 1 aliphatic heterocycles. The fourth-order valence-electron chi connectivity index (χ4n) is 1.62. The van der Waals surface area contributed by atoms with Crippen LogP contribution in [0.25, 0.3) is 0 Å². The van der Waals surface area contributed by atoms with Crippen molar-refractivity contribution in [3.8, 4) is 0 Å². The van der Waals surface area contributed by atoms with Crippen LogP contribution in [-0.4, -0.2) is 55.4 Å². The van der Waals surface area contributed by atoms with Crippen LogP contribution >= 0.6 is 0 Å². The summed E-state index contributed by atoms with van der Waals surface area (Å²) in [5.41, 5.74) is 5.11. The Morgan fingerprint density at radius 3 is 2.81 bits per heavy atom. The third-order valence-corrected chi connectivity index (χ3v) is 2.26. The van der Waals surface area contributed by atoms with Gasteiger partial charge in [0.25, 0.3) is 0 Å². The largest absolute Gasteiger partial charge is 0.459 e. The van der Waals surface area contributed by atoms with Crippen LogP contribution in [0, 0.1) is 0 Å². The molecule has 1 atom stereocenters. The number of hydrogen-bond acceptors (Lipinski definition) is 5. The topological polar surface area (TPSA) is 64.8 Å². The van der Waals surface area contributed by atoms with Gasteiger partial charge in [0, 0.05) is 19.6 Å². The summed E-state index contributed by atoms with van der Waals surface area (Å²) in [7, 11) is 0. The van der Waals surface area contributed by atoms with Crippen LogP contribution in [0.2, 0.25) is 0 Å². The third-order valence-electron chi connectivity index (χ3n) is 2.26. The van der Waals surface area contributed by atoms with Crippen LogP contribution in [0.5, 0.6) is 0 Å². The molecule has 1 saturated heterocycles. The summed E-state index contributed by atoms with van der Waals surface area (Å²) in [4.78, 5) is 13.6. The van der Waals surface area contributed by atoms with E-state index in [9.17, 15) is 4.79 Å². The number of carbonyl (C=O) groups is 1. The standard InChI is InChI=1S/C11H22N2O3/c1-11(2,3)16-10(14)8-13-4-5-15-9(6-12)7-13/h9H,4-8,12H2,1-3H3. The molecule has 2 N–H and O–H groups in total. The predicted molar refractivity (Wildman–Crippen MR) is 61.1 cm³/mol. The lowest BCUT2D eigenvalue weighted by Crippen LogP contribution is -2.48. The Morgan fingerprint density at radius 2 is 2.25 bits per heavy atom. The van der Waals surface area contributed by atoms with E-state index < -0.39 is 5.60 Å². The molecular formula is C11H22N2O3. The molecule has 0 aromatic heterocycles. The van der Waals surface area contributed by atoms with E-state index in [1.165, 1.54) is 0 Å². The van der Waals surface area contributed by atoms with E-state index in [0.717, 1.165) is 6.54 Å². The van der Waals surface area contributed by atoms with E-state index in [2.05, 4.69) is 0 Å². The maximum atomic E-state index is 11.6. The molecule has 0 amide bonds. The van der Waals surface area contributed by atoms with Gasteiger partial charge in [0.05, 0.1) is 19.3 Å². The average Bonchev–Trinajstić information content (AvgIpc) is 2.15. The van der Waals surface area contributed by atoms with Crippen molar-refractivity contribution in [2.24, 2.45) is 5.73 Å². The lowest BCUT2D eigenvalue weighted by atomic mass is 10.2. The van der Waals surface area contributed by atoms with Gasteiger partial charge in [-0.2, -0.15) is 0 Å². The summed E-state index contributed by atoms with van der Waals surface area (Å²) in [6, 6.07) is 0. The molecule has 0 aromatic carbocycles. The van der Waals surface area contributed by atoms with Crippen molar-refractivity contribution in [1.82, 2.24) is 4.90 Å². The van der Waals surface area contributed by atoms with E-state index in [-0.39, 0.29) is 12.1 Å². The molecule has 0 aliphatic carbocycles. The summed E-state index contributed by atoms with van der Waals surface area (Å²) in [6.07, 6.45) is 0.0381. The van der Waals surface area contributed by atoms with Crippen molar-refractivity contribution in [3.05, 3.63) is 0 Å². The second kappa shape index (κ2) is 5.61. The highest BCUT2D eigenvalue weighted by Gasteiger charge is 2.23. The number of morpholine rings is 1. The minimum Gasteiger partial charge on any atom is -0.459 e. The minimum absolute atomic E-state index is 0.0381. The Morgan fingerprint density at radius 1 is 1.56 bits per heavy atom. The molecule has 5 heteroatoms. The molecule has 1 heterocycles. The maximum absolute atomic E-state index is 11.6. The van der Waals surface area contributed by atoms with Crippen molar-refractivity contribution >= 4 is 5.97 Å². The first-order valence-corrected chi connectivity index (χ1v) is 5.66. The molecule has 1 rings (SSSR count). The predicted octanol–water partition coefficient (Wildman–Crippen LogP) is -0.0124. The molecule has 1 unspecified atom stereocenters. The molecule has 0 aromatic rings. The number of esters is 1. The number of carbonyl (C=O) groups excluding carboxylic acids is 1. The number of nitrogens with two attached hydrogens (primary N) is 1. The number of hydrogen-bond donors (Lipinski definition) is 1. The van der Waals surface area contributed by atoms with Crippen LogP contribution in [0.1, 0.15) is 20.8 Å². The first-order chi connectivity index (χ1) is 7.40. The summed E-state index contributed by atoms with van der Waals surface area (Å²) in [6.45, 7) is 8.50. The van der Waals surface area contributed by atoms with Crippen LogP contribution in [0.4, 0.5) is 0 Å². The number of ether oxygens (including phenoxy) is 2. The van der Waals surface area contributed by atoms with Gasteiger partial charge in [0.1, 0.15) is 5.60 Å². The Kier molecular flexibility index (Phi) is 4.70. The summed E-state index contributed by atoms with van der Waals surface area (Å²) < 4.78 is 10.7. The van der Waals surface area contributed by atoms with Crippen molar-refractivity contribution in [2.75, 3.05) is 32.8 Å². The summed E-state index contributed by atoms with van der Waals surface area (Å²) in [5, 5.41) is 0. The maximum Gasteiger partial charge on any atom is 0.320 e. The first kappa shape index (κ1) is 13.4. The molecule has 16 heavy (non-hydrogen) atoms. The highest BCUT2D eigenvalue weighted by atomic mass is 16.6. The Labute approximate surface area is 96.9 Å². The molecule has 0 spiro atoms. The molecule has 1 aliphatic rings. The molecule has 94 valence electrons. The van der Waals surface area contributed by atoms with Gasteiger partial charge in [-0.25, -0.2) is 0 Å². The van der Waals surface area contributed by atoms with E-state index in [4.69, 9.17) is 15.2 Å². The highest BCUT2D eigenvalue weighted by Crippen LogP contribution is 2.09. The Hall–Kier alpha value is -0.650. The number of nitrogens with zero attached hydrogens (tertiary/aromatic N) is 1. The van der Waals surface area contributed by atoms with Crippen molar-refractivity contribution < 1.29 is 14.3 Å². The molecule has 0 saturated carbocycles. The second-order valence-electron chi connectivity index (χ2n) is 5.05. The normalized spacial score (nSPS) is 23.1. The fraction of sp³-hybridized carbons (Fsp3) is 0.909. The van der Waals surface area contributed by atoms with Crippen LogP contribution in [0.3, 0.4) is 0 Å². The fourth-order valence-corrected chi connectivity index (χ4v) is 1.62.